The largest absolute Gasteiger partial charge is 1.00 e. The molecule has 0 aromatic heterocycles. The minimum Gasteiger partial charge on any atom is -0.870 e. The SMILES string of the molecule is CCc1cc(N=Nc2c([O-])c(C(=O)Nc3ccc(Cl)c(OC)c3)cc3ccccc23)cc(S(=O)(=O)O)c1Cl.[Na+]. The molecule has 0 aliphatic heterocycles. The Morgan fingerprint density at radius 3 is 2.46 bits per heavy atom. The molecule has 0 atom stereocenters. The van der Waals surface area contributed by atoms with E-state index in [9.17, 15) is 22.9 Å². The van der Waals surface area contributed by atoms with Crippen molar-refractivity contribution in [2.45, 2.75) is 18.2 Å². The van der Waals surface area contributed by atoms with E-state index in [2.05, 4.69) is 15.5 Å². The number of azo groups is 1. The van der Waals surface area contributed by atoms with Gasteiger partial charge in [-0.1, -0.05) is 60.1 Å². The van der Waals surface area contributed by atoms with Crippen LogP contribution < -0.4 is 44.7 Å². The van der Waals surface area contributed by atoms with Gasteiger partial charge >= 0.3 is 29.6 Å². The van der Waals surface area contributed by atoms with Gasteiger partial charge in [0.05, 0.1) is 28.5 Å². The Morgan fingerprint density at radius 1 is 1.08 bits per heavy atom. The average Bonchev–Trinajstić information content (AvgIpc) is 2.88. The first-order chi connectivity index (χ1) is 18.0. The van der Waals surface area contributed by atoms with Crippen molar-refractivity contribution >= 4 is 67.1 Å². The van der Waals surface area contributed by atoms with Crippen molar-refractivity contribution in [2.75, 3.05) is 12.4 Å². The molecule has 0 saturated heterocycles. The van der Waals surface area contributed by atoms with E-state index in [1.807, 2.05) is 0 Å². The van der Waals surface area contributed by atoms with Crippen LogP contribution in [0.15, 0.2) is 75.8 Å². The molecule has 0 aliphatic rings. The Bertz CT molecular complexity index is 1710. The third kappa shape index (κ3) is 6.72. The van der Waals surface area contributed by atoms with Gasteiger partial charge in [-0.3, -0.25) is 9.35 Å². The van der Waals surface area contributed by atoms with E-state index >= 15 is 0 Å². The summed E-state index contributed by atoms with van der Waals surface area (Å²) >= 11 is 12.2. The second-order valence-corrected chi connectivity index (χ2v) is 10.2. The minimum atomic E-state index is -4.64. The molecule has 196 valence electrons. The molecule has 0 aliphatic carbocycles. The van der Waals surface area contributed by atoms with Crippen LogP contribution in [-0.2, 0) is 16.5 Å². The van der Waals surface area contributed by atoms with Gasteiger partial charge in [0.2, 0.25) is 0 Å². The Labute approximate surface area is 256 Å². The quantitative estimate of drug-likeness (QED) is 0.189. The van der Waals surface area contributed by atoms with E-state index < -0.39 is 26.7 Å². The zero-order valence-electron chi connectivity index (χ0n) is 21.0. The summed E-state index contributed by atoms with van der Waals surface area (Å²) in [4.78, 5) is 12.6. The normalized spacial score (nSPS) is 11.4. The Hall–Kier alpha value is -2.70. The Balaban J connectivity index is 0.00000420. The fourth-order valence-electron chi connectivity index (χ4n) is 3.76. The standard InChI is InChI=1S/C26H21Cl2N3O6S.Na/c1-3-14-10-17(13-22(23(14)28)38(34,35)36)30-31-24-18-7-5-4-6-15(18)11-19(25(24)32)26(33)29-16-8-9-20(27)21(12-16)37-2;/h4-13,32H,3H2,1-2H3,(H,29,33)(H,34,35,36);/q;+1/p-1. The zero-order valence-corrected chi connectivity index (χ0v) is 25.4. The molecule has 13 heteroatoms. The predicted octanol–water partition coefficient (Wildman–Crippen LogP) is 3.71. The molecule has 4 aromatic carbocycles. The summed E-state index contributed by atoms with van der Waals surface area (Å²) in [6, 6.07) is 15.4. The molecule has 2 N–H and O–H groups in total. The zero-order chi connectivity index (χ0) is 27.6. The molecule has 0 unspecified atom stereocenters. The van der Waals surface area contributed by atoms with Crippen LogP contribution in [0, 0.1) is 0 Å². The Kier molecular flexibility index (Phi) is 10.0. The number of carbonyl (C=O) groups excluding carboxylic acids is 1. The topological polar surface area (TPSA) is 140 Å². The second-order valence-electron chi connectivity index (χ2n) is 8.07. The number of aryl methyl sites for hydroxylation is 1. The van der Waals surface area contributed by atoms with Crippen LogP contribution in [0.1, 0.15) is 22.8 Å². The van der Waals surface area contributed by atoms with Crippen molar-refractivity contribution in [3.8, 4) is 11.5 Å². The molecule has 0 radical (unpaired) electrons. The van der Waals surface area contributed by atoms with Gasteiger partial charge in [-0.15, -0.1) is 0 Å². The molecule has 9 nitrogen and oxygen atoms in total. The fourth-order valence-corrected chi connectivity index (χ4v) is 5.12. The van der Waals surface area contributed by atoms with Crippen LogP contribution in [0.4, 0.5) is 17.1 Å². The number of nitrogens with zero attached hydrogens (tertiary/aromatic N) is 2. The van der Waals surface area contributed by atoms with E-state index in [1.165, 1.54) is 25.3 Å². The molecule has 0 saturated carbocycles. The molecule has 0 spiro atoms. The summed E-state index contributed by atoms with van der Waals surface area (Å²) in [6.45, 7) is 1.75. The van der Waals surface area contributed by atoms with E-state index in [0.717, 1.165) is 6.07 Å². The van der Waals surface area contributed by atoms with Crippen LogP contribution in [0.3, 0.4) is 0 Å². The number of amides is 1. The number of hydrogen-bond acceptors (Lipinski definition) is 7. The molecule has 39 heavy (non-hydrogen) atoms. The molecule has 0 bridgehead atoms. The number of methoxy groups -OCH3 is 1. The summed E-state index contributed by atoms with van der Waals surface area (Å²) in [5, 5.41) is 25.4. The fraction of sp³-hybridized carbons (Fsp3) is 0.115. The van der Waals surface area contributed by atoms with Crippen LogP contribution in [-0.4, -0.2) is 26.0 Å². The van der Waals surface area contributed by atoms with Gasteiger partial charge < -0.3 is 15.2 Å². The van der Waals surface area contributed by atoms with Crippen molar-refractivity contribution in [2.24, 2.45) is 10.2 Å². The number of carbonyl (C=O) groups is 1. The van der Waals surface area contributed by atoms with Crippen molar-refractivity contribution < 1.29 is 57.2 Å². The van der Waals surface area contributed by atoms with Crippen molar-refractivity contribution in [1.29, 1.82) is 0 Å². The first-order valence-corrected chi connectivity index (χ1v) is 13.3. The first-order valence-electron chi connectivity index (χ1n) is 11.1. The third-order valence-electron chi connectivity index (χ3n) is 5.65. The smallest absolute Gasteiger partial charge is 0.870 e. The maximum atomic E-state index is 13.4. The van der Waals surface area contributed by atoms with Gasteiger partial charge in [0.1, 0.15) is 10.6 Å². The average molecular weight is 596 g/mol. The summed E-state index contributed by atoms with van der Waals surface area (Å²) in [6.07, 6.45) is 0.353. The van der Waals surface area contributed by atoms with Gasteiger partial charge in [-0.05, 0) is 47.7 Å². The number of halogens is 2. The van der Waals surface area contributed by atoms with E-state index in [4.69, 9.17) is 27.9 Å². The maximum absolute atomic E-state index is 13.4. The third-order valence-corrected chi connectivity index (χ3v) is 7.40. The van der Waals surface area contributed by atoms with Gasteiger partial charge in [0.25, 0.3) is 16.0 Å². The monoisotopic (exact) mass is 595 g/mol. The van der Waals surface area contributed by atoms with Crippen molar-refractivity contribution in [3.63, 3.8) is 0 Å². The first kappa shape index (κ1) is 30.8. The summed E-state index contributed by atoms with van der Waals surface area (Å²) in [5.41, 5.74) is 0.511. The van der Waals surface area contributed by atoms with E-state index in [-0.39, 0.29) is 51.5 Å². The van der Waals surface area contributed by atoms with Gasteiger partial charge in [0.15, 0.2) is 0 Å². The number of hydrogen-bond donors (Lipinski definition) is 2. The Morgan fingerprint density at radius 2 is 1.79 bits per heavy atom. The number of ether oxygens (including phenoxy) is 1. The summed E-state index contributed by atoms with van der Waals surface area (Å²) < 4.78 is 38.3. The van der Waals surface area contributed by atoms with Crippen LogP contribution in [0.25, 0.3) is 10.8 Å². The summed E-state index contributed by atoms with van der Waals surface area (Å²) in [5.74, 6) is -1.03. The van der Waals surface area contributed by atoms with Crippen molar-refractivity contribution in [3.05, 3.63) is 81.8 Å². The van der Waals surface area contributed by atoms with Crippen molar-refractivity contribution in [1.82, 2.24) is 0 Å². The minimum absolute atomic E-state index is 0. The number of anilines is 1. The maximum Gasteiger partial charge on any atom is 1.00 e. The molecular weight excluding hydrogens is 576 g/mol. The number of fused-ring (bicyclic) bond motifs is 1. The van der Waals surface area contributed by atoms with Crippen LogP contribution in [0.5, 0.6) is 11.5 Å². The number of nitrogens with one attached hydrogen (secondary N) is 1. The van der Waals surface area contributed by atoms with Crippen LogP contribution in [0.2, 0.25) is 10.0 Å². The second kappa shape index (κ2) is 12.6. The predicted molar refractivity (Wildman–Crippen MR) is 144 cm³/mol. The number of benzene rings is 4. The molecular formula is C26H20Cl2N3NaO6S. The molecule has 0 heterocycles. The molecule has 4 rings (SSSR count). The molecule has 0 fully saturated rings. The van der Waals surface area contributed by atoms with E-state index in [1.54, 1.807) is 43.3 Å². The molecule has 4 aromatic rings. The van der Waals surface area contributed by atoms with Crippen LogP contribution >= 0.6 is 23.2 Å². The van der Waals surface area contributed by atoms with Gasteiger partial charge in [0, 0.05) is 22.7 Å². The summed E-state index contributed by atoms with van der Waals surface area (Å²) in [7, 11) is -3.20. The van der Waals surface area contributed by atoms with Gasteiger partial charge in [-0.25, -0.2) is 0 Å². The molecule has 1 amide bonds. The van der Waals surface area contributed by atoms with E-state index in [0.29, 0.717) is 39.2 Å². The number of rotatable bonds is 7. The van der Waals surface area contributed by atoms with Gasteiger partial charge in [-0.2, -0.15) is 18.6 Å².